The summed E-state index contributed by atoms with van der Waals surface area (Å²) in [5.74, 6) is 1.24. The zero-order valence-electron chi connectivity index (χ0n) is 14.9. The normalized spacial score (nSPS) is 15.8. The number of hydrogen-bond donors (Lipinski definition) is 1. The topological polar surface area (TPSA) is 50.8 Å². The fraction of sp³-hybridized carbons (Fsp3) is 0.350. The van der Waals surface area contributed by atoms with Crippen LogP contribution in [0, 0.1) is 0 Å². The summed E-state index contributed by atoms with van der Waals surface area (Å²) >= 11 is 0. The number of likely N-dealkylation sites (N-methyl/N-ethyl adjacent to an activating group) is 1. The molecule has 2 aromatic carbocycles. The lowest BCUT2D eigenvalue weighted by atomic mass is 10.1. The van der Waals surface area contributed by atoms with E-state index in [4.69, 9.17) is 9.47 Å². The highest BCUT2D eigenvalue weighted by Crippen LogP contribution is 2.34. The minimum atomic E-state index is -0.0535. The van der Waals surface area contributed by atoms with Crippen LogP contribution in [0.5, 0.6) is 11.5 Å². The zero-order chi connectivity index (χ0) is 17.8. The van der Waals surface area contributed by atoms with E-state index >= 15 is 0 Å². The number of methoxy groups -OCH3 is 2. The molecule has 0 fully saturated rings. The second kappa shape index (κ2) is 7.57. The Hall–Kier alpha value is -2.53. The Morgan fingerprint density at radius 2 is 1.84 bits per heavy atom. The lowest BCUT2D eigenvalue weighted by Crippen LogP contribution is -2.32. The monoisotopic (exact) mass is 340 g/mol. The second-order valence-electron chi connectivity index (χ2n) is 6.32. The van der Waals surface area contributed by atoms with E-state index in [9.17, 15) is 4.79 Å². The van der Waals surface area contributed by atoms with Gasteiger partial charge in [0.2, 0.25) is 5.91 Å². The van der Waals surface area contributed by atoms with Crippen LogP contribution in [0.15, 0.2) is 42.5 Å². The Morgan fingerprint density at radius 1 is 1.16 bits per heavy atom. The van der Waals surface area contributed by atoms with Crippen molar-refractivity contribution in [3.8, 4) is 11.5 Å². The molecule has 0 saturated heterocycles. The number of nitrogens with zero attached hydrogens (tertiary/aromatic N) is 1. The van der Waals surface area contributed by atoms with Crippen molar-refractivity contribution in [1.29, 1.82) is 0 Å². The molecule has 0 saturated carbocycles. The van der Waals surface area contributed by atoms with Crippen molar-refractivity contribution in [3.63, 3.8) is 0 Å². The van der Waals surface area contributed by atoms with Crippen molar-refractivity contribution in [2.75, 3.05) is 33.1 Å². The number of anilines is 1. The van der Waals surface area contributed by atoms with E-state index in [1.165, 1.54) is 11.1 Å². The van der Waals surface area contributed by atoms with E-state index in [-0.39, 0.29) is 5.91 Å². The summed E-state index contributed by atoms with van der Waals surface area (Å²) in [5.41, 5.74) is 3.39. The van der Waals surface area contributed by atoms with Crippen molar-refractivity contribution in [2.24, 2.45) is 0 Å². The van der Waals surface area contributed by atoms with Crippen LogP contribution >= 0.6 is 0 Å². The SMILES string of the molecule is COc1cc(NC(=O)CN(C)[C@@H]2CCc3ccccc32)cc(OC)c1. The first-order chi connectivity index (χ1) is 12.1. The lowest BCUT2D eigenvalue weighted by Gasteiger charge is -2.24. The van der Waals surface area contributed by atoms with Gasteiger partial charge in [-0.2, -0.15) is 0 Å². The molecule has 1 atom stereocenters. The maximum absolute atomic E-state index is 12.5. The molecule has 1 aliphatic carbocycles. The first-order valence-corrected chi connectivity index (χ1v) is 8.41. The fourth-order valence-electron chi connectivity index (χ4n) is 3.41. The second-order valence-corrected chi connectivity index (χ2v) is 6.32. The first-order valence-electron chi connectivity index (χ1n) is 8.41. The van der Waals surface area contributed by atoms with E-state index < -0.39 is 0 Å². The first kappa shape index (κ1) is 17.3. The molecule has 0 radical (unpaired) electrons. The van der Waals surface area contributed by atoms with Gasteiger partial charge in [-0.15, -0.1) is 0 Å². The number of nitrogens with one attached hydrogen (secondary N) is 1. The standard InChI is InChI=1S/C20H24N2O3/c1-22(19-9-8-14-6-4-5-7-18(14)19)13-20(23)21-15-10-16(24-2)12-17(11-15)25-3/h4-7,10-12,19H,8-9,13H2,1-3H3,(H,21,23)/t19-/m1/s1. The quantitative estimate of drug-likeness (QED) is 0.877. The molecule has 5 heteroatoms. The van der Waals surface area contributed by atoms with Crippen LogP contribution in [0.3, 0.4) is 0 Å². The molecule has 25 heavy (non-hydrogen) atoms. The highest BCUT2D eigenvalue weighted by Gasteiger charge is 2.26. The number of carbonyl (C=O) groups excluding carboxylic acids is 1. The number of aryl methyl sites for hydroxylation is 1. The Bertz CT molecular complexity index is 738. The smallest absolute Gasteiger partial charge is 0.238 e. The van der Waals surface area contributed by atoms with Crippen molar-refractivity contribution < 1.29 is 14.3 Å². The number of hydrogen-bond acceptors (Lipinski definition) is 4. The average molecular weight is 340 g/mol. The third-order valence-electron chi connectivity index (χ3n) is 4.66. The molecule has 0 heterocycles. The van der Waals surface area contributed by atoms with Crippen molar-refractivity contribution >= 4 is 11.6 Å². The van der Waals surface area contributed by atoms with Crippen LogP contribution in [0.2, 0.25) is 0 Å². The third kappa shape index (κ3) is 3.94. The minimum absolute atomic E-state index is 0.0535. The van der Waals surface area contributed by atoms with Crippen molar-refractivity contribution in [1.82, 2.24) is 4.90 Å². The molecule has 132 valence electrons. The van der Waals surface area contributed by atoms with E-state index in [0.29, 0.717) is 29.8 Å². The zero-order valence-corrected chi connectivity index (χ0v) is 14.9. The molecular weight excluding hydrogens is 316 g/mol. The largest absolute Gasteiger partial charge is 0.497 e. The minimum Gasteiger partial charge on any atom is -0.497 e. The van der Waals surface area contributed by atoms with Gasteiger partial charge in [-0.25, -0.2) is 0 Å². The van der Waals surface area contributed by atoms with Gasteiger partial charge < -0.3 is 14.8 Å². The van der Waals surface area contributed by atoms with Gasteiger partial charge in [-0.1, -0.05) is 24.3 Å². The number of benzene rings is 2. The molecule has 5 nitrogen and oxygen atoms in total. The van der Waals surface area contributed by atoms with Gasteiger partial charge in [0.05, 0.1) is 20.8 Å². The van der Waals surface area contributed by atoms with Gasteiger partial charge in [0.15, 0.2) is 0 Å². The summed E-state index contributed by atoms with van der Waals surface area (Å²) in [4.78, 5) is 14.6. The van der Waals surface area contributed by atoms with Gasteiger partial charge in [0.25, 0.3) is 0 Å². The highest BCUT2D eigenvalue weighted by molar-refractivity contribution is 5.92. The summed E-state index contributed by atoms with van der Waals surface area (Å²) in [6, 6.07) is 14.1. The van der Waals surface area contributed by atoms with Crippen molar-refractivity contribution in [3.05, 3.63) is 53.6 Å². The molecule has 0 spiro atoms. The molecule has 1 amide bonds. The maximum atomic E-state index is 12.5. The maximum Gasteiger partial charge on any atom is 0.238 e. The van der Waals surface area contributed by atoms with Gasteiger partial charge in [0.1, 0.15) is 11.5 Å². The predicted molar refractivity (Wildman–Crippen MR) is 98.3 cm³/mol. The van der Waals surface area contributed by atoms with E-state index in [1.54, 1.807) is 32.4 Å². The van der Waals surface area contributed by atoms with E-state index in [1.807, 2.05) is 7.05 Å². The number of fused-ring (bicyclic) bond motifs is 1. The number of ether oxygens (including phenoxy) is 2. The summed E-state index contributed by atoms with van der Waals surface area (Å²) in [6.45, 7) is 0.332. The van der Waals surface area contributed by atoms with Crippen LogP contribution < -0.4 is 14.8 Å². The molecule has 2 aromatic rings. The molecule has 0 aromatic heterocycles. The molecule has 0 bridgehead atoms. The van der Waals surface area contributed by atoms with Crippen LogP contribution in [0.4, 0.5) is 5.69 Å². The van der Waals surface area contributed by atoms with Crippen LogP contribution in [-0.2, 0) is 11.2 Å². The molecule has 1 N–H and O–H groups in total. The van der Waals surface area contributed by atoms with Gasteiger partial charge >= 0.3 is 0 Å². The van der Waals surface area contributed by atoms with E-state index in [2.05, 4.69) is 34.5 Å². The van der Waals surface area contributed by atoms with Gasteiger partial charge in [-0.3, -0.25) is 9.69 Å². The Kier molecular flexibility index (Phi) is 5.24. The van der Waals surface area contributed by atoms with Crippen LogP contribution in [-0.4, -0.2) is 38.6 Å². The van der Waals surface area contributed by atoms with E-state index in [0.717, 1.165) is 12.8 Å². The fourth-order valence-corrected chi connectivity index (χ4v) is 3.41. The van der Waals surface area contributed by atoms with Crippen LogP contribution in [0.1, 0.15) is 23.6 Å². The predicted octanol–water partition coefficient (Wildman–Crippen LogP) is 3.26. The summed E-state index contributed by atoms with van der Waals surface area (Å²) in [5, 5.41) is 2.93. The molecular formula is C20H24N2O3. The Morgan fingerprint density at radius 3 is 2.52 bits per heavy atom. The molecule has 3 rings (SSSR count). The molecule has 0 unspecified atom stereocenters. The number of amides is 1. The van der Waals surface area contributed by atoms with Gasteiger partial charge in [-0.05, 0) is 31.0 Å². The Balaban J connectivity index is 1.65. The van der Waals surface area contributed by atoms with Gasteiger partial charge in [0, 0.05) is 29.9 Å². The highest BCUT2D eigenvalue weighted by atomic mass is 16.5. The third-order valence-corrected chi connectivity index (χ3v) is 4.66. The number of carbonyl (C=O) groups is 1. The average Bonchev–Trinajstić information content (AvgIpc) is 3.05. The lowest BCUT2D eigenvalue weighted by molar-refractivity contribution is -0.117. The summed E-state index contributed by atoms with van der Waals surface area (Å²) in [6.07, 6.45) is 2.12. The molecule has 0 aliphatic heterocycles. The summed E-state index contributed by atoms with van der Waals surface area (Å²) < 4.78 is 10.5. The Labute approximate surface area is 148 Å². The summed E-state index contributed by atoms with van der Waals surface area (Å²) in [7, 11) is 5.18. The van der Waals surface area contributed by atoms with Crippen LogP contribution in [0.25, 0.3) is 0 Å². The number of rotatable bonds is 6. The van der Waals surface area contributed by atoms with Crippen molar-refractivity contribution in [2.45, 2.75) is 18.9 Å². The molecule has 1 aliphatic rings.